The molecule has 0 fully saturated rings. The normalized spacial score (nSPS) is 11.6. The Kier molecular flexibility index (Phi) is 6.94. The van der Waals surface area contributed by atoms with Gasteiger partial charge < -0.3 is 4.98 Å². The van der Waals surface area contributed by atoms with Crippen molar-refractivity contribution in [3.63, 3.8) is 0 Å². The first-order valence-corrected chi connectivity index (χ1v) is 11.1. The molecule has 30 heavy (non-hydrogen) atoms. The number of aryl methyl sites for hydroxylation is 1. The Morgan fingerprint density at radius 2 is 1.93 bits per heavy atom. The summed E-state index contributed by atoms with van der Waals surface area (Å²) in [6.45, 7) is 2.70. The molecular weight excluding hydrogens is 406 g/mol. The predicted molar refractivity (Wildman–Crippen MR) is 118 cm³/mol. The fourth-order valence-corrected chi connectivity index (χ4v) is 3.17. The molecule has 0 radical (unpaired) electrons. The van der Waals surface area contributed by atoms with Gasteiger partial charge in [-0.1, -0.05) is 11.6 Å². The van der Waals surface area contributed by atoms with Gasteiger partial charge in [0.1, 0.15) is 12.2 Å². The number of imidazole rings is 1. The molecule has 0 saturated carbocycles. The third-order valence-electron chi connectivity index (χ3n) is 4.13. The number of hydrogen-bond acceptors (Lipinski definition) is 5. The minimum atomic E-state index is -2.81. The van der Waals surface area contributed by atoms with E-state index in [9.17, 15) is 8.78 Å². The standard InChI is InChI=1S/C21H22F2N6S/c1-13-6-14(10-28-30(2)3)8-15(7-13)17-9-18(27-12-26-17)19-11-25-20(29-19)5-4-16(24)21(22)23/h4-9,11-12,21,24H,10H2,1-3H3,(H,25,29)/b5-4-,24-16?. The first-order valence-electron chi connectivity index (χ1n) is 9.10. The van der Waals surface area contributed by atoms with Crippen LogP contribution in [0, 0.1) is 12.3 Å². The molecular formula is C21H22F2N6S. The Morgan fingerprint density at radius 3 is 2.67 bits per heavy atom. The number of aromatic amines is 1. The van der Waals surface area contributed by atoms with Gasteiger partial charge in [0, 0.05) is 5.56 Å². The van der Waals surface area contributed by atoms with E-state index < -0.39 is 12.1 Å². The molecule has 9 heteroatoms. The van der Waals surface area contributed by atoms with Gasteiger partial charge in [0.15, 0.2) is 0 Å². The van der Waals surface area contributed by atoms with Crippen LogP contribution in [-0.2, 0) is 17.2 Å². The van der Waals surface area contributed by atoms with Gasteiger partial charge >= 0.3 is 0 Å². The first-order chi connectivity index (χ1) is 14.3. The summed E-state index contributed by atoms with van der Waals surface area (Å²) in [6, 6.07) is 8.10. The van der Waals surface area contributed by atoms with Crippen molar-refractivity contribution in [2.75, 3.05) is 12.5 Å². The maximum absolute atomic E-state index is 12.4. The van der Waals surface area contributed by atoms with E-state index in [4.69, 9.17) is 5.41 Å². The molecule has 0 aliphatic heterocycles. The molecule has 3 aromatic rings. The monoisotopic (exact) mass is 428 g/mol. The largest absolute Gasteiger partial charge is 0.337 e. The summed E-state index contributed by atoms with van der Waals surface area (Å²) in [7, 11) is 0.0202. The van der Waals surface area contributed by atoms with Crippen molar-refractivity contribution in [3.05, 3.63) is 59.8 Å². The van der Waals surface area contributed by atoms with Crippen molar-refractivity contribution in [2.45, 2.75) is 19.9 Å². The lowest BCUT2D eigenvalue weighted by molar-refractivity contribution is 0.226. The Balaban J connectivity index is 1.87. The summed E-state index contributed by atoms with van der Waals surface area (Å²) in [4.78, 5) is 15.8. The smallest absolute Gasteiger partial charge is 0.279 e. The van der Waals surface area contributed by atoms with E-state index >= 15 is 0 Å². The molecule has 0 amide bonds. The number of aromatic nitrogens is 4. The van der Waals surface area contributed by atoms with E-state index in [2.05, 4.69) is 55.0 Å². The third-order valence-corrected chi connectivity index (χ3v) is 4.78. The zero-order chi connectivity index (χ0) is 21.7. The number of allylic oxidation sites excluding steroid dienone is 1. The number of halogens is 2. The highest BCUT2D eigenvalue weighted by Crippen LogP contribution is 2.24. The Bertz CT molecular complexity index is 1120. The van der Waals surface area contributed by atoms with E-state index in [0.29, 0.717) is 23.8 Å². The number of H-pyrrole nitrogens is 1. The number of hydrogen-bond donors (Lipinski definition) is 2. The third kappa shape index (κ3) is 5.73. The van der Waals surface area contributed by atoms with Crippen LogP contribution in [0.4, 0.5) is 8.78 Å². The van der Waals surface area contributed by atoms with Crippen LogP contribution < -0.4 is 0 Å². The molecule has 0 spiro atoms. The summed E-state index contributed by atoms with van der Waals surface area (Å²) in [5, 5.41) is 7.17. The maximum atomic E-state index is 12.4. The van der Waals surface area contributed by atoms with E-state index in [0.717, 1.165) is 28.5 Å². The second-order valence-electron chi connectivity index (χ2n) is 6.83. The van der Waals surface area contributed by atoms with Crippen molar-refractivity contribution in [1.82, 2.24) is 19.9 Å². The lowest BCUT2D eigenvalue weighted by atomic mass is 10.0. The second kappa shape index (κ2) is 9.62. The van der Waals surface area contributed by atoms with Gasteiger partial charge in [-0.3, -0.25) is 9.77 Å². The molecule has 0 atom stereocenters. The quantitative estimate of drug-likeness (QED) is 0.534. The van der Waals surface area contributed by atoms with E-state index in [1.807, 2.05) is 13.0 Å². The van der Waals surface area contributed by atoms with Gasteiger partial charge in [-0.2, -0.15) is 0 Å². The van der Waals surface area contributed by atoms with Crippen LogP contribution in [0.2, 0.25) is 0 Å². The summed E-state index contributed by atoms with van der Waals surface area (Å²) >= 11 is 0. The van der Waals surface area contributed by atoms with Gasteiger partial charge in [0.2, 0.25) is 0 Å². The topological polar surface area (TPSA) is 90.7 Å². The predicted octanol–water partition coefficient (Wildman–Crippen LogP) is 4.70. The van der Waals surface area contributed by atoms with Crippen LogP contribution in [-0.4, -0.2) is 44.6 Å². The zero-order valence-corrected chi connectivity index (χ0v) is 17.7. The van der Waals surface area contributed by atoms with Crippen molar-refractivity contribution in [2.24, 2.45) is 4.36 Å². The average molecular weight is 429 g/mol. The van der Waals surface area contributed by atoms with Gasteiger partial charge in [0.05, 0.1) is 35.5 Å². The van der Waals surface area contributed by atoms with E-state index in [1.54, 1.807) is 6.20 Å². The number of rotatable bonds is 7. The summed E-state index contributed by atoms with van der Waals surface area (Å²) in [5.41, 5.74) is 4.49. The minimum absolute atomic E-state index is 0.0202. The van der Waals surface area contributed by atoms with Gasteiger partial charge in [-0.05, 0) is 55.3 Å². The van der Waals surface area contributed by atoms with Crippen LogP contribution in [0.3, 0.4) is 0 Å². The van der Waals surface area contributed by atoms with Crippen molar-refractivity contribution in [3.8, 4) is 22.6 Å². The molecule has 0 unspecified atom stereocenters. The summed E-state index contributed by atoms with van der Waals surface area (Å²) in [6.07, 6.45) is 6.77. The fourth-order valence-electron chi connectivity index (χ4n) is 2.76. The van der Waals surface area contributed by atoms with Crippen molar-refractivity contribution < 1.29 is 8.78 Å². The Labute approximate surface area is 176 Å². The fraction of sp³-hybridized carbons (Fsp3) is 0.238. The highest BCUT2D eigenvalue weighted by molar-refractivity contribution is 7.85. The lowest BCUT2D eigenvalue weighted by Crippen LogP contribution is -2.03. The van der Waals surface area contributed by atoms with Crippen molar-refractivity contribution >= 4 is 22.5 Å². The molecule has 0 aliphatic carbocycles. The van der Waals surface area contributed by atoms with Crippen LogP contribution >= 0.6 is 0 Å². The van der Waals surface area contributed by atoms with Gasteiger partial charge in [-0.15, -0.1) is 10.7 Å². The molecule has 156 valence electrons. The van der Waals surface area contributed by atoms with Crippen LogP contribution in [0.25, 0.3) is 28.7 Å². The van der Waals surface area contributed by atoms with E-state index in [1.165, 1.54) is 12.4 Å². The first kappa shape index (κ1) is 21.6. The number of nitrogens with one attached hydrogen (secondary N) is 2. The molecule has 2 aromatic heterocycles. The number of alkyl halides is 2. The van der Waals surface area contributed by atoms with Crippen molar-refractivity contribution in [1.29, 1.82) is 5.41 Å². The minimum Gasteiger partial charge on any atom is -0.337 e. The molecule has 2 heterocycles. The molecule has 0 saturated heterocycles. The van der Waals surface area contributed by atoms with Gasteiger partial charge in [0.25, 0.3) is 6.43 Å². The molecule has 3 rings (SSSR count). The number of benzene rings is 1. The molecule has 6 nitrogen and oxygen atoms in total. The molecule has 1 aromatic carbocycles. The van der Waals surface area contributed by atoms with Crippen LogP contribution in [0.1, 0.15) is 17.0 Å². The Hall–Kier alpha value is -3.07. The van der Waals surface area contributed by atoms with E-state index in [-0.39, 0.29) is 10.7 Å². The zero-order valence-electron chi connectivity index (χ0n) is 16.9. The summed E-state index contributed by atoms with van der Waals surface area (Å²) in [5.74, 6) is 0.365. The van der Waals surface area contributed by atoms with Crippen LogP contribution in [0.5, 0.6) is 0 Å². The SMILES string of the molecule is Cc1cc(CN=S(C)C)cc(-c2cc(-c3cnc(/C=C\C(=N)C(F)F)[nH]3)ncn2)c1. The van der Waals surface area contributed by atoms with Crippen LogP contribution in [0.15, 0.2) is 47.2 Å². The molecule has 0 bridgehead atoms. The summed E-state index contributed by atoms with van der Waals surface area (Å²) < 4.78 is 29.4. The molecule has 2 N–H and O–H groups in total. The highest BCUT2D eigenvalue weighted by Gasteiger charge is 2.09. The van der Waals surface area contributed by atoms with Gasteiger partial charge in [-0.25, -0.2) is 23.7 Å². The maximum Gasteiger partial charge on any atom is 0.279 e. The average Bonchev–Trinajstić information content (AvgIpc) is 3.19. The number of nitrogens with zero attached hydrogens (tertiary/aromatic N) is 4. The highest BCUT2D eigenvalue weighted by atomic mass is 32.2. The second-order valence-corrected chi connectivity index (χ2v) is 8.63. The lowest BCUT2D eigenvalue weighted by Gasteiger charge is -2.07. The molecule has 0 aliphatic rings. The Morgan fingerprint density at radius 1 is 1.17 bits per heavy atom.